The van der Waals surface area contributed by atoms with Crippen LogP contribution in [0.4, 0.5) is 4.39 Å². The van der Waals surface area contributed by atoms with E-state index in [9.17, 15) is 9.18 Å². The molecule has 1 heterocycles. The fraction of sp³-hybridized carbons (Fsp3) is 0.636. The van der Waals surface area contributed by atoms with Crippen molar-refractivity contribution in [3.8, 4) is 0 Å². The zero-order chi connectivity index (χ0) is 11.7. The highest BCUT2D eigenvalue weighted by Gasteiger charge is 2.37. The fourth-order valence-corrected chi connectivity index (χ4v) is 2.97. The highest BCUT2D eigenvalue weighted by molar-refractivity contribution is 7.09. The lowest BCUT2D eigenvalue weighted by Gasteiger charge is -2.29. The number of carbonyl (C=O) groups is 1. The number of aromatic nitrogens is 1. The van der Waals surface area contributed by atoms with Crippen molar-refractivity contribution in [1.82, 2.24) is 4.98 Å². The van der Waals surface area contributed by atoms with E-state index in [1.54, 1.807) is 0 Å². The average Bonchev–Trinajstić information content (AvgIpc) is 2.64. The lowest BCUT2D eigenvalue weighted by molar-refractivity contribution is -0.144. The summed E-state index contributed by atoms with van der Waals surface area (Å²) in [7, 11) is 0. The lowest BCUT2D eigenvalue weighted by atomic mass is 9.77. The van der Waals surface area contributed by atoms with E-state index in [2.05, 4.69) is 4.98 Å². The maximum absolute atomic E-state index is 13.2. The summed E-state index contributed by atoms with van der Waals surface area (Å²) >= 11 is 1.51. The van der Waals surface area contributed by atoms with Crippen molar-refractivity contribution >= 4 is 17.3 Å². The zero-order valence-electron chi connectivity index (χ0n) is 9.02. The molecule has 2 rings (SSSR count). The number of carboxylic acid groups (broad SMARTS) is 1. The van der Waals surface area contributed by atoms with Crippen LogP contribution in [0.25, 0.3) is 0 Å². The second-order valence-electron chi connectivity index (χ2n) is 4.25. The van der Waals surface area contributed by atoms with Gasteiger partial charge in [0, 0.05) is 11.3 Å². The highest BCUT2D eigenvalue weighted by Crippen LogP contribution is 2.39. The first-order chi connectivity index (χ1) is 7.58. The molecule has 0 amide bonds. The second kappa shape index (κ2) is 4.49. The monoisotopic (exact) mass is 243 g/mol. The Labute approximate surface area is 97.3 Å². The number of thiazole rings is 1. The summed E-state index contributed by atoms with van der Waals surface area (Å²) in [6, 6.07) is 0. The molecule has 88 valence electrons. The molecule has 0 radical (unpaired) electrons. The van der Waals surface area contributed by atoms with Gasteiger partial charge in [0.25, 0.3) is 0 Å². The third-order valence-corrected chi connectivity index (χ3v) is 3.91. The third kappa shape index (κ3) is 2.24. The van der Waals surface area contributed by atoms with Crippen molar-refractivity contribution in [2.45, 2.75) is 38.3 Å². The molecule has 0 saturated heterocycles. The number of halogens is 1. The van der Waals surface area contributed by atoms with Gasteiger partial charge in [0.05, 0.1) is 16.6 Å². The topological polar surface area (TPSA) is 50.2 Å². The molecule has 0 bridgehead atoms. The molecule has 0 spiro atoms. The molecule has 3 unspecified atom stereocenters. The maximum Gasteiger partial charge on any atom is 0.307 e. The molecule has 3 nitrogen and oxygen atoms in total. The van der Waals surface area contributed by atoms with Crippen molar-refractivity contribution in [1.29, 1.82) is 0 Å². The molecular formula is C11H14FNO2S. The van der Waals surface area contributed by atoms with Crippen molar-refractivity contribution < 1.29 is 14.3 Å². The van der Waals surface area contributed by atoms with E-state index >= 15 is 0 Å². The Morgan fingerprint density at radius 1 is 1.62 bits per heavy atom. The number of nitrogens with zero attached hydrogens (tertiary/aromatic N) is 1. The highest BCUT2D eigenvalue weighted by atomic mass is 32.1. The molecule has 1 aliphatic rings. The molecular weight excluding hydrogens is 229 g/mol. The van der Waals surface area contributed by atoms with E-state index in [1.807, 2.05) is 12.3 Å². The minimum Gasteiger partial charge on any atom is -0.481 e. The summed E-state index contributed by atoms with van der Waals surface area (Å²) in [5.41, 5.74) is 0.821. The van der Waals surface area contributed by atoms with Crippen LogP contribution in [0.1, 0.15) is 35.9 Å². The number of hydrogen-bond donors (Lipinski definition) is 1. The van der Waals surface area contributed by atoms with E-state index in [4.69, 9.17) is 5.11 Å². The Hall–Kier alpha value is -0.970. The summed E-state index contributed by atoms with van der Waals surface area (Å²) in [6.07, 6.45) is 0.181. The SMILES string of the molecule is Cc1nc(C2CCC(F)CC2C(=O)O)cs1. The van der Waals surface area contributed by atoms with Gasteiger partial charge in [0.2, 0.25) is 0 Å². The molecule has 0 aliphatic heterocycles. The minimum absolute atomic E-state index is 0.116. The fourth-order valence-electron chi connectivity index (χ4n) is 2.30. The maximum atomic E-state index is 13.2. The Balaban J connectivity index is 2.21. The van der Waals surface area contributed by atoms with Gasteiger partial charge in [-0.25, -0.2) is 9.37 Å². The molecule has 1 aromatic heterocycles. The summed E-state index contributed by atoms with van der Waals surface area (Å²) < 4.78 is 13.2. The van der Waals surface area contributed by atoms with Gasteiger partial charge in [-0.3, -0.25) is 4.79 Å². The standard InChI is InChI=1S/C11H14FNO2S/c1-6-13-10(5-16-6)8-3-2-7(12)4-9(8)11(14)15/h5,7-9H,2-4H2,1H3,(H,14,15). The van der Waals surface area contributed by atoms with Gasteiger partial charge in [-0.15, -0.1) is 11.3 Å². The smallest absolute Gasteiger partial charge is 0.307 e. The molecule has 5 heteroatoms. The van der Waals surface area contributed by atoms with Gasteiger partial charge < -0.3 is 5.11 Å². The van der Waals surface area contributed by atoms with Crippen molar-refractivity contribution in [2.24, 2.45) is 5.92 Å². The van der Waals surface area contributed by atoms with E-state index in [-0.39, 0.29) is 12.3 Å². The summed E-state index contributed by atoms with van der Waals surface area (Å²) in [5, 5.41) is 11.9. The van der Waals surface area contributed by atoms with Crippen LogP contribution in [0.15, 0.2) is 5.38 Å². The quantitative estimate of drug-likeness (QED) is 0.869. The normalized spacial score (nSPS) is 30.2. The Morgan fingerprint density at radius 2 is 2.38 bits per heavy atom. The van der Waals surface area contributed by atoms with Gasteiger partial charge in [-0.05, 0) is 26.2 Å². The summed E-state index contributed by atoms with van der Waals surface area (Å²) in [4.78, 5) is 15.4. The zero-order valence-corrected chi connectivity index (χ0v) is 9.84. The number of carboxylic acids is 1. The van der Waals surface area contributed by atoms with Gasteiger partial charge in [-0.2, -0.15) is 0 Å². The second-order valence-corrected chi connectivity index (χ2v) is 5.32. The van der Waals surface area contributed by atoms with Crippen LogP contribution in [-0.4, -0.2) is 22.2 Å². The van der Waals surface area contributed by atoms with Crippen molar-refractivity contribution in [2.75, 3.05) is 0 Å². The van der Waals surface area contributed by atoms with Gasteiger partial charge >= 0.3 is 5.97 Å². The number of rotatable bonds is 2. The molecule has 1 N–H and O–H groups in total. The van der Waals surface area contributed by atoms with Crippen LogP contribution in [0.5, 0.6) is 0 Å². The first kappa shape index (κ1) is 11.5. The number of hydrogen-bond acceptors (Lipinski definition) is 3. The van der Waals surface area contributed by atoms with Crippen LogP contribution in [0.2, 0.25) is 0 Å². The predicted molar refractivity (Wildman–Crippen MR) is 59.5 cm³/mol. The van der Waals surface area contributed by atoms with Crippen LogP contribution in [0.3, 0.4) is 0 Å². The Bertz CT molecular complexity index is 393. The molecule has 1 aromatic rings. The van der Waals surface area contributed by atoms with Crippen molar-refractivity contribution in [3.63, 3.8) is 0 Å². The van der Waals surface area contributed by atoms with E-state index in [1.165, 1.54) is 11.3 Å². The van der Waals surface area contributed by atoms with Crippen LogP contribution >= 0.6 is 11.3 Å². The first-order valence-corrected chi connectivity index (χ1v) is 6.24. The van der Waals surface area contributed by atoms with E-state index < -0.39 is 18.1 Å². The number of aryl methyl sites for hydroxylation is 1. The molecule has 1 fully saturated rings. The number of aliphatic carboxylic acids is 1. The average molecular weight is 243 g/mol. The minimum atomic E-state index is -0.975. The van der Waals surface area contributed by atoms with Crippen molar-refractivity contribution in [3.05, 3.63) is 16.1 Å². The summed E-state index contributed by atoms with van der Waals surface area (Å²) in [5.74, 6) is -1.64. The van der Waals surface area contributed by atoms with Crippen LogP contribution in [0, 0.1) is 12.8 Å². The number of alkyl halides is 1. The van der Waals surface area contributed by atoms with E-state index in [0.29, 0.717) is 12.8 Å². The Morgan fingerprint density at radius 3 is 2.94 bits per heavy atom. The molecule has 0 aromatic carbocycles. The van der Waals surface area contributed by atoms with Gasteiger partial charge in [-0.1, -0.05) is 0 Å². The largest absolute Gasteiger partial charge is 0.481 e. The van der Waals surface area contributed by atoms with Gasteiger partial charge in [0.1, 0.15) is 6.17 Å². The summed E-state index contributed by atoms with van der Waals surface area (Å²) in [6.45, 7) is 1.89. The molecule has 16 heavy (non-hydrogen) atoms. The van der Waals surface area contributed by atoms with E-state index in [0.717, 1.165) is 10.7 Å². The molecule has 3 atom stereocenters. The first-order valence-electron chi connectivity index (χ1n) is 5.37. The molecule has 1 saturated carbocycles. The molecule has 1 aliphatic carbocycles. The lowest BCUT2D eigenvalue weighted by Crippen LogP contribution is -2.30. The van der Waals surface area contributed by atoms with Crippen LogP contribution < -0.4 is 0 Å². The predicted octanol–water partition coefficient (Wildman–Crippen LogP) is 2.76. The third-order valence-electron chi connectivity index (χ3n) is 3.12. The van der Waals surface area contributed by atoms with Crippen LogP contribution in [-0.2, 0) is 4.79 Å². The van der Waals surface area contributed by atoms with Gasteiger partial charge in [0.15, 0.2) is 0 Å². The Kier molecular flexibility index (Phi) is 3.23.